The number of carbonyl (C=O) groups excluding carboxylic acids is 3. The van der Waals surface area contributed by atoms with Gasteiger partial charge in [-0.05, 0) is 0 Å². The molecule has 0 aromatic carbocycles. The fourth-order valence-corrected chi connectivity index (χ4v) is 1.32. The Bertz CT molecular complexity index is 382. The SMILES string of the molecule is C#C[C@H](OC(C)=O)[C@H](OC(C)=O)[C@@H](CO)OC(C)=O. The number of aliphatic hydroxyl groups is 1. The summed E-state index contributed by atoms with van der Waals surface area (Å²) in [5.41, 5.74) is 0. The highest BCUT2D eigenvalue weighted by molar-refractivity contribution is 5.68. The third-order valence-corrected chi connectivity index (χ3v) is 1.92. The molecule has 0 aliphatic carbocycles. The van der Waals surface area contributed by atoms with Gasteiger partial charge in [-0.3, -0.25) is 14.4 Å². The topological polar surface area (TPSA) is 99.1 Å². The maximum atomic E-state index is 11.0. The highest BCUT2D eigenvalue weighted by Gasteiger charge is 2.35. The Morgan fingerprint density at radius 1 is 1.05 bits per heavy atom. The van der Waals surface area contributed by atoms with E-state index < -0.39 is 42.8 Å². The third kappa shape index (κ3) is 6.43. The molecule has 0 amide bonds. The summed E-state index contributed by atoms with van der Waals surface area (Å²) in [5.74, 6) is -0.00930. The van der Waals surface area contributed by atoms with E-state index in [-0.39, 0.29) is 0 Å². The quantitative estimate of drug-likeness (QED) is 0.392. The Balaban J connectivity index is 5.13. The van der Waals surface area contributed by atoms with Crippen LogP contribution >= 0.6 is 0 Å². The van der Waals surface area contributed by atoms with Crippen LogP contribution in [0.4, 0.5) is 0 Å². The van der Waals surface area contributed by atoms with Crippen molar-refractivity contribution in [3.05, 3.63) is 0 Å². The largest absolute Gasteiger partial charge is 0.456 e. The van der Waals surface area contributed by atoms with Crippen LogP contribution in [0.1, 0.15) is 20.8 Å². The van der Waals surface area contributed by atoms with Crippen LogP contribution in [0.5, 0.6) is 0 Å². The number of hydrogen-bond acceptors (Lipinski definition) is 7. The summed E-state index contributed by atoms with van der Waals surface area (Å²) in [5, 5.41) is 9.16. The first-order chi connectivity index (χ1) is 8.81. The standard InChI is InChI=1S/C12H16O7/c1-5-10(17-7(2)14)12(19-9(4)16)11(6-13)18-8(3)15/h1,10-13H,6H2,2-4H3/t10-,11+,12-/m0/s1. The number of hydrogen-bond donors (Lipinski definition) is 1. The minimum Gasteiger partial charge on any atom is -0.456 e. The molecule has 106 valence electrons. The zero-order valence-corrected chi connectivity index (χ0v) is 10.9. The molecule has 0 heterocycles. The summed E-state index contributed by atoms with van der Waals surface area (Å²) in [6.45, 7) is 2.70. The second-order valence-corrected chi connectivity index (χ2v) is 3.60. The van der Waals surface area contributed by atoms with Crippen molar-refractivity contribution in [2.75, 3.05) is 6.61 Å². The molecule has 3 atom stereocenters. The van der Waals surface area contributed by atoms with Gasteiger partial charge in [-0.15, -0.1) is 6.42 Å². The molecular formula is C12H16O7. The zero-order valence-electron chi connectivity index (χ0n) is 10.9. The van der Waals surface area contributed by atoms with Gasteiger partial charge >= 0.3 is 17.9 Å². The fraction of sp³-hybridized carbons (Fsp3) is 0.583. The van der Waals surface area contributed by atoms with E-state index in [1.165, 1.54) is 0 Å². The number of terminal acetylenes is 1. The summed E-state index contributed by atoms with van der Waals surface area (Å²) >= 11 is 0. The van der Waals surface area contributed by atoms with Crippen LogP contribution in [0, 0.1) is 12.3 Å². The summed E-state index contributed by atoms with van der Waals surface area (Å²) < 4.78 is 14.4. The number of rotatable bonds is 6. The first kappa shape index (κ1) is 16.9. The molecule has 0 spiro atoms. The fourth-order valence-electron chi connectivity index (χ4n) is 1.32. The number of esters is 3. The third-order valence-electron chi connectivity index (χ3n) is 1.92. The molecule has 0 saturated carbocycles. The van der Waals surface area contributed by atoms with Crippen molar-refractivity contribution in [2.45, 2.75) is 39.1 Å². The molecule has 0 rings (SSSR count). The Morgan fingerprint density at radius 3 is 1.84 bits per heavy atom. The van der Waals surface area contributed by atoms with Crippen LogP contribution in [0.25, 0.3) is 0 Å². The van der Waals surface area contributed by atoms with Gasteiger partial charge in [0, 0.05) is 20.8 Å². The molecule has 0 radical (unpaired) electrons. The minimum atomic E-state index is -1.28. The average Bonchev–Trinajstić information content (AvgIpc) is 2.29. The van der Waals surface area contributed by atoms with Gasteiger partial charge in [0.1, 0.15) is 0 Å². The minimum absolute atomic E-state index is 0.642. The van der Waals surface area contributed by atoms with Gasteiger partial charge in [0.05, 0.1) is 6.61 Å². The van der Waals surface area contributed by atoms with Crippen LogP contribution in [-0.2, 0) is 28.6 Å². The van der Waals surface area contributed by atoms with Crippen LogP contribution in [0.15, 0.2) is 0 Å². The summed E-state index contributed by atoms with van der Waals surface area (Å²) in [4.78, 5) is 32.8. The van der Waals surface area contributed by atoms with E-state index in [1.54, 1.807) is 0 Å². The predicted molar refractivity (Wildman–Crippen MR) is 62.6 cm³/mol. The molecule has 7 heteroatoms. The van der Waals surface area contributed by atoms with Gasteiger partial charge in [-0.25, -0.2) is 0 Å². The van der Waals surface area contributed by atoms with E-state index in [1.807, 2.05) is 0 Å². The van der Waals surface area contributed by atoms with Gasteiger partial charge in [-0.2, -0.15) is 0 Å². The van der Waals surface area contributed by atoms with E-state index in [0.717, 1.165) is 20.8 Å². The molecular weight excluding hydrogens is 256 g/mol. The van der Waals surface area contributed by atoms with E-state index in [2.05, 4.69) is 5.92 Å². The van der Waals surface area contributed by atoms with Crippen molar-refractivity contribution in [3.63, 3.8) is 0 Å². The molecule has 0 aromatic rings. The van der Waals surface area contributed by atoms with Gasteiger partial charge in [0.15, 0.2) is 12.2 Å². The van der Waals surface area contributed by atoms with Crippen molar-refractivity contribution in [2.24, 2.45) is 0 Å². The molecule has 0 aliphatic rings. The Labute approximate surface area is 110 Å². The number of carbonyl (C=O) groups is 3. The molecule has 1 N–H and O–H groups in total. The van der Waals surface area contributed by atoms with Gasteiger partial charge in [0.2, 0.25) is 6.10 Å². The lowest BCUT2D eigenvalue weighted by Gasteiger charge is -2.28. The van der Waals surface area contributed by atoms with Crippen LogP contribution in [0.2, 0.25) is 0 Å². The lowest BCUT2D eigenvalue weighted by atomic mass is 10.1. The molecule has 0 bridgehead atoms. The van der Waals surface area contributed by atoms with Crippen molar-refractivity contribution in [1.29, 1.82) is 0 Å². The average molecular weight is 272 g/mol. The van der Waals surface area contributed by atoms with E-state index in [9.17, 15) is 14.4 Å². The van der Waals surface area contributed by atoms with E-state index in [0.29, 0.717) is 0 Å². The van der Waals surface area contributed by atoms with Crippen LogP contribution in [0.3, 0.4) is 0 Å². The molecule has 0 unspecified atom stereocenters. The molecule has 0 saturated heterocycles. The predicted octanol–water partition coefficient (Wildman–Crippen LogP) is -0.593. The summed E-state index contributed by atoms with van der Waals surface area (Å²) in [6, 6.07) is 0. The van der Waals surface area contributed by atoms with E-state index in [4.69, 9.17) is 25.7 Å². The van der Waals surface area contributed by atoms with Crippen molar-refractivity contribution < 1.29 is 33.7 Å². The number of ether oxygens (including phenoxy) is 3. The summed E-state index contributed by atoms with van der Waals surface area (Å²) in [7, 11) is 0. The molecule has 7 nitrogen and oxygen atoms in total. The smallest absolute Gasteiger partial charge is 0.304 e. The summed E-state index contributed by atoms with van der Waals surface area (Å²) in [6.07, 6.45) is 1.42. The normalized spacial score (nSPS) is 14.5. The second-order valence-electron chi connectivity index (χ2n) is 3.60. The maximum absolute atomic E-state index is 11.0. The van der Waals surface area contributed by atoms with Crippen LogP contribution in [-0.4, -0.2) is 47.9 Å². The molecule has 0 aliphatic heterocycles. The van der Waals surface area contributed by atoms with E-state index >= 15 is 0 Å². The highest BCUT2D eigenvalue weighted by atomic mass is 16.6. The highest BCUT2D eigenvalue weighted by Crippen LogP contribution is 2.13. The van der Waals surface area contributed by atoms with Gasteiger partial charge in [-0.1, -0.05) is 5.92 Å². The Kier molecular flexibility index (Phi) is 7.22. The maximum Gasteiger partial charge on any atom is 0.304 e. The first-order valence-electron chi connectivity index (χ1n) is 5.40. The molecule has 0 fully saturated rings. The Hall–Kier alpha value is -2.07. The van der Waals surface area contributed by atoms with Crippen LogP contribution < -0.4 is 0 Å². The lowest BCUT2D eigenvalue weighted by Crippen LogP contribution is -2.46. The van der Waals surface area contributed by atoms with Gasteiger partial charge in [0.25, 0.3) is 0 Å². The number of aliphatic hydroxyl groups excluding tert-OH is 1. The molecule has 0 aromatic heterocycles. The van der Waals surface area contributed by atoms with Crippen molar-refractivity contribution in [3.8, 4) is 12.3 Å². The lowest BCUT2D eigenvalue weighted by molar-refractivity contribution is -0.181. The zero-order chi connectivity index (χ0) is 15.0. The van der Waals surface area contributed by atoms with Gasteiger partial charge < -0.3 is 19.3 Å². The van der Waals surface area contributed by atoms with Crippen molar-refractivity contribution in [1.82, 2.24) is 0 Å². The molecule has 19 heavy (non-hydrogen) atoms. The monoisotopic (exact) mass is 272 g/mol. The van der Waals surface area contributed by atoms with Crippen molar-refractivity contribution >= 4 is 17.9 Å². The second kappa shape index (κ2) is 8.11. The first-order valence-corrected chi connectivity index (χ1v) is 5.40. The Morgan fingerprint density at radius 2 is 1.53 bits per heavy atom.